The number of hydrogen-bond donors (Lipinski definition) is 3. The number of benzene rings is 2. The molecule has 0 spiro atoms. The van der Waals surface area contributed by atoms with Crippen LogP contribution in [0.5, 0.6) is 0 Å². The van der Waals surface area contributed by atoms with Crippen LogP contribution in [-0.4, -0.2) is 42.6 Å². The summed E-state index contributed by atoms with van der Waals surface area (Å²) in [5.41, 5.74) is 2.76. The van der Waals surface area contributed by atoms with Crippen molar-refractivity contribution in [2.45, 2.75) is 51.2 Å². The van der Waals surface area contributed by atoms with Crippen LogP contribution in [0.25, 0.3) is 0 Å². The summed E-state index contributed by atoms with van der Waals surface area (Å²) in [6.45, 7) is 0.977. The summed E-state index contributed by atoms with van der Waals surface area (Å²) in [6, 6.07) is 11.0. The zero-order valence-electron chi connectivity index (χ0n) is 19.8. The molecule has 8 nitrogen and oxygen atoms in total. The van der Waals surface area contributed by atoms with Gasteiger partial charge in [0.1, 0.15) is 11.9 Å². The number of halogens is 1. The molecule has 2 aliphatic rings. The Balaban J connectivity index is 1.26. The molecule has 1 fully saturated rings. The van der Waals surface area contributed by atoms with Crippen LogP contribution in [0, 0.1) is 11.7 Å². The van der Waals surface area contributed by atoms with Crippen LogP contribution in [-0.2, 0) is 22.5 Å². The minimum absolute atomic E-state index is 0.0569. The second kappa shape index (κ2) is 11.2. The standard InChI is InChI=1S/C26H31FN4O4/c1-28-24(32)14-17-6-10-21(11-7-17)35-26(34)31-13-12-18-15-20(9-8-19(18)16-31)29-25(33)30-23-5-3-2-4-22(23)27/h2-5,8-9,15,17,21H,6-7,10-14,16H2,1H3,(H,28,32)(H2,29,30,33). The van der Waals surface area contributed by atoms with Gasteiger partial charge >= 0.3 is 12.1 Å². The fourth-order valence-electron chi connectivity index (χ4n) is 4.67. The Labute approximate surface area is 204 Å². The Morgan fingerprint density at radius 1 is 1.03 bits per heavy atom. The molecule has 0 bridgehead atoms. The number of fused-ring (bicyclic) bond motifs is 1. The van der Waals surface area contributed by atoms with Crippen LogP contribution < -0.4 is 16.0 Å². The van der Waals surface area contributed by atoms with Gasteiger partial charge in [-0.25, -0.2) is 14.0 Å². The SMILES string of the molecule is CNC(=O)CC1CCC(OC(=O)N2CCc3cc(NC(=O)Nc4ccccc4F)ccc3C2)CC1. The topological polar surface area (TPSA) is 99.8 Å². The first kappa shape index (κ1) is 24.5. The van der Waals surface area contributed by atoms with E-state index >= 15 is 0 Å². The highest BCUT2D eigenvalue weighted by Crippen LogP contribution is 2.30. The van der Waals surface area contributed by atoms with Gasteiger partial charge < -0.3 is 25.6 Å². The molecule has 4 amide bonds. The van der Waals surface area contributed by atoms with Crippen molar-refractivity contribution >= 4 is 29.4 Å². The molecule has 0 unspecified atom stereocenters. The maximum atomic E-state index is 13.7. The fraction of sp³-hybridized carbons (Fsp3) is 0.423. The van der Waals surface area contributed by atoms with Crippen molar-refractivity contribution < 1.29 is 23.5 Å². The molecule has 1 aliphatic carbocycles. The van der Waals surface area contributed by atoms with Crippen LogP contribution in [0.1, 0.15) is 43.2 Å². The van der Waals surface area contributed by atoms with Gasteiger partial charge in [0, 0.05) is 32.2 Å². The predicted molar refractivity (Wildman–Crippen MR) is 131 cm³/mol. The Morgan fingerprint density at radius 3 is 2.54 bits per heavy atom. The molecule has 2 aromatic carbocycles. The second-order valence-electron chi connectivity index (χ2n) is 9.12. The first-order valence-electron chi connectivity index (χ1n) is 12.0. The van der Waals surface area contributed by atoms with Gasteiger partial charge in [-0.05, 0) is 73.4 Å². The third-order valence-electron chi connectivity index (χ3n) is 6.67. The van der Waals surface area contributed by atoms with Crippen LogP contribution in [0.3, 0.4) is 0 Å². The molecular formula is C26H31FN4O4. The molecule has 186 valence electrons. The summed E-state index contributed by atoms with van der Waals surface area (Å²) < 4.78 is 19.5. The minimum atomic E-state index is -0.527. The third-order valence-corrected chi connectivity index (χ3v) is 6.67. The molecule has 1 saturated carbocycles. The van der Waals surface area contributed by atoms with E-state index in [0.29, 0.717) is 37.5 Å². The number of urea groups is 1. The molecular weight excluding hydrogens is 451 g/mol. The third kappa shape index (κ3) is 6.49. The van der Waals surface area contributed by atoms with Gasteiger partial charge in [0.2, 0.25) is 5.91 Å². The lowest BCUT2D eigenvalue weighted by molar-refractivity contribution is -0.122. The number of hydrogen-bond acceptors (Lipinski definition) is 4. The maximum Gasteiger partial charge on any atom is 0.410 e. The van der Waals surface area contributed by atoms with Crippen molar-refractivity contribution in [3.05, 3.63) is 59.4 Å². The highest BCUT2D eigenvalue weighted by atomic mass is 19.1. The first-order chi connectivity index (χ1) is 16.9. The first-order valence-corrected chi connectivity index (χ1v) is 12.0. The monoisotopic (exact) mass is 482 g/mol. The van der Waals surface area contributed by atoms with Crippen molar-refractivity contribution in [1.29, 1.82) is 0 Å². The van der Waals surface area contributed by atoms with E-state index in [1.54, 1.807) is 30.1 Å². The zero-order valence-corrected chi connectivity index (χ0v) is 19.8. The molecule has 9 heteroatoms. The largest absolute Gasteiger partial charge is 0.446 e. The van der Waals surface area contributed by atoms with Crippen LogP contribution >= 0.6 is 0 Å². The molecule has 0 saturated heterocycles. The van der Waals surface area contributed by atoms with Crippen molar-refractivity contribution in [3.63, 3.8) is 0 Å². The molecule has 0 radical (unpaired) electrons. The molecule has 2 aromatic rings. The van der Waals surface area contributed by atoms with Crippen LogP contribution in [0.15, 0.2) is 42.5 Å². The number of rotatable bonds is 5. The van der Waals surface area contributed by atoms with E-state index in [4.69, 9.17) is 4.74 Å². The van der Waals surface area contributed by atoms with E-state index < -0.39 is 11.8 Å². The number of carbonyl (C=O) groups excluding carboxylic acids is 3. The summed E-state index contributed by atoms with van der Waals surface area (Å²) in [4.78, 5) is 38.3. The number of para-hydroxylation sites is 1. The van der Waals surface area contributed by atoms with Crippen molar-refractivity contribution in [1.82, 2.24) is 10.2 Å². The van der Waals surface area contributed by atoms with Crippen molar-refractivity contribution in [2.75, 3.05) is 24.2 Å². The average Bonchev–Trinajstić information content (AvgIpc) is 2.86. The number of anilines is 2. The molecule has 0 atom stereocenters. The van der Waals surface area contributed by atoms with Gasteiger partial charge in [-0.3, -0.25) is 4.79 Å². The van der Waals surface area contributed by atoms with Gasteiger partial charge in [-0.2, -0.15) is 0 Å². The highest BCUT2D eigenvalue weighted by Gasteiger charge is 2.28. The lowest BCUT2D eigenvalue weighted by Gasteiger charge is -2.32. The van der Waals surface area contributed by atoms with Gasteiger partial charge in [-0.15, -0.1) is 0 Å². The quantitative estimate of drug-likeness (QED) is 0.577. The fourth-order valence-corrected chi connectivity index (χ4v) is 4.67. The Morgan fingerprint density at radius 2 is 1.80 bits per heavy atom. The van der Waals surface area contributed by atoms with E-state index in [2.05, 4.69) is 16.0 Å². The zero-order chi connectivity index (χ0) is 24.8. The lowest BCUT2D eigenvalue weighted by Crippen LogP contribution is -2.39. The molecule has 3 N–H and O–H groups in total. The second-order valence-corrected chi connectivity index (χ2v) is 9.12. The summed E-state index contributed by atoms with van der Waals surface area (Å²) in [6.07, 6.45) is 4.09. The van der Waals surface area contributed by atoms with Crippen molar-refractivity contribution in [2.24, 2.45) is 5.92 Å². The van der Waals surface area contributed by atoms with E-state index in [1.165, 1.54) is 12.1 Å². The smallest absolute Gasteiger partial charge is 0.410 e. The number of nitrogens with zero attached hydrogens (tertiary/aromatic N) is 1. The molecule has 1 aliphatic heterocycles. The molecule has 0 aromatic heterocycles. The summed E-state index contributed by atoms with van der Waals surface area (Å²) >= 11 is 0. The number of carbonyl (C=O) groups is 3. The Bertz CT molecular complexity index is 1080. The van der Waals surface area contributed by atoms with Gasteiger partial charge in [0.05, 0.1) is 5.69 Å². The number of amides is 4. The van der Waals surface area contributed by atoms with Gasteiger partial charge in [0.25, 0.3) is 0 Å². The highest BCUT2D eigenvalue weighted by molar-refractivity contribution is 5.99. The number of nitrogens with one attached hydrogen (secondary N) is 3. The molecule has 4 rings (SSSR count). The molecule has 35 heavy (non-hydrogen) atoms. The van der Waals surface area contributed by atoms with E-state index in [1.807, 2.05) is 12.1 Å². The minimum Gasteiger partial charge on any atom is -0.446 e. The lowest BCUT2D eigenvalue weighted by atomic mass is 9.85. The summed E-state index contributed by atoms with van der Waals surface area (Å²) in [7, 11) is 1.65. The average molecular weight is 483 g/mol. The maximum absolute atomic E-state index is 13.7. The summed E-state index contributed by atoms with van der Waals surface area (Å²) in [5.74, 6) is -0.0955. The van der Waals surface area contributed by atoms with Crippen LogP contribution in [0.2, 0.25) is 0 Å². The van der Waals surface area contributed by atoms with E-state index in [-0.39, 0.29) is 23.8 Å². The van der Waals surface area contributed by atoms with E-state index in [0.717, 1.165) is 36.8 Å². The Kier molecular flexibility index (Phi) is 7.84. The molecule has 1 heterocycles. The van der Waals surface area contributed by atoms with Crippen molar-refractivity contribution in [3.8, 4) is 0 Å². The number of ether oxygens (including phenoxy) is 1. The van der Waals surface area contributed by atoms with Gasteiger partial charge in [0.15, 0.2) is 0 Å². The summed E-state index contributed by atoms with van der Waals surface area (Å²) in [5, 5.41) is 7.89. The van der Waals surface area contributed by atoms with E-state index in [9.17, 15) is 18.8 Å². The van der Waals surface area contributed by atoms with Gasteiger partial charge in [-0.1, -0.05) is 18.2 Å². The van der Waals surface area contributed by atoms with Crippen LogP contribution in [0.4, 0.5) is 25.4 Å². The predicted octanol–water partition coefficient (Wildman–Crippen LogP) is 4.66. The Hall–Kier alpha value is -3.62. The normalized spacial score (nSPS) is 19.3.